The van der Waals surface area contributed by atoms with E-state index in [4.69, 9.17) is 4.74 Å². The summed E-state index contributed by atoms with van der Waals surface area (Å²) in [4.78, 5) is 25.5. The maximum absolute atomic E-state index is 12.2. The molecule has 0 saturated carbocycles. The second-order valence-electron chi connectivity index (χ2n) is 6.62. The number of carbonyl (C=O) groups is 2. The number of ether oxygens (including phenoxy) is 1. The fraction of sp³-hybridized carbons (Fsp3) is 0.300. The van der Waals surface area contributed by atoms with Crippen molar-refractivity contribution >= 4 is 40.2 Å². The summed E-state index contributed by atoms with van der Waals surface area (Å²) in [6, 6.07) is 13.1. The van der Waals surface area contributed by atoms with Gasteiger partial charge in [0.05, 0.1) is 6.04 Å². The number of benzene rings is 1. The van der Waals surface area contributed by atoms with Crippen molar-refractivity contribution in [3.05, 3.63) is 62.7 Å². The molecule has 2 aromatic heterocycles. The Kier molecular flexibility index (Phi) is 7.45. The molecular weight excluding hydrogens is 408 g/mol. The van der Waals surface area contributed by atoms with Gasteiger partial charge in [-0.2, -0.15) is 0 Å². The Balaban J connectivity index is 1.46. The van der Waals surface area contributed by atoms with Crippen LogP contribution in [-0.2, 0) is 16.1 Å². The van der Waals surface area contributed by atoms with Crippen molar-refractivity contribution < 1.29 is 14.3 Å². The molecule has 2 amide bonds. The number of hydrogen-bond donors (Lipinski definition) is 2. The average Bonchev–Trinajstić information content (AvgIpc) is 3.39. The van der Waals surface area contributed by atoms with Crippen LogP contribution >= 0.6 is 22.7 Å². The van der Waals surface area contributed by atoms with E-state index in [9.17, 15) is 9.59 Å². The second-order valence-corrected chi connectivity index (χ2v) is 8.66. The van der Waals surface area contributed by atoms with Gasteiger partial charge in [0, 0.05) is 10.6 Å². The molecule has 0 aliphatic heterocycles. The summed E-state index contributed by atoms with van der Waals surface area (Å²) in [5.74, 6) is -0.247. The lowest BCUT2D eigenvalue weighted by molar-refractivity contribution is -0.127. The second kappa shape index (κ2) is 10.2. The molecule has 0 aliphatic rings. The van der Waals surface area contributed by atoms with Gasteiger partial charge in [-0.25, -0.2) is 0 Å². The van der Waals surface area contributed by atoms with Crippen molar-refractivity contribution in [2.75, 3.05) is 11.9 Å². The predicted octanol–water partition coefficient (Wildman–Crippen LogP) is 3.88. The maximum Gasteiger partial charge on any atom is 0.286 e. The molecule has 1 aromatic carbocycles. The van der Waals surface area contributed by atoms with E-state index in [-0.39, 0.29) is 42.0 Å². The Bertz CT molecular complexity index is 926. The van der Waals surface area contributed by atoms with Crippen LogP contribution in [0.2, 0.25) is 0 Å². The molecule has 1 unspecified atom stereocenters. The number of para-hydroxylation sites is 1. The molecule has 0 spiro atoms. The van der Waals surface area contributed by atoms with Gasteiger partial charge in [-0.3, -0.25) is 9.59 Å². The first kappa shape index (κ1) is 21.1. The van der Waals surface area contributed by atoms with Gasteiger partial charge < -0.3 is 15.4 Å². The van der Waals surface area contributed by atoms with Gasteiger partial charge in [0.15, 0.2) is 0 Å². The Morgan fingerprint density at radius 2 is 1.90 bits per heavy atom. The van der Waals surface area contributed by atoms with Crippen LogP contribution in [0.4, 0.5) is 5.69 Å². The molecule has 152 valence electrons. The molecule has 3 aromatic rings. The molecule has 9 heteroatoms. The number of carbonyl (C=O) groups excluding carboxylic acids is 2. The number of thiophene rings is 1. The fourth-order valence-electron chi connectivity index (χ4n) is 2.59. The van der Waals surface area contributed by atoms with Gasteiger partial charge in [-0.1, -0.05) is 49.4 Å². The van der Waals surface area contributed by atoms with Gasteiger partial charge in [0.25, 0.3) is 5.91 Å². The number of amides is 2. The molecule has 0 saturated heterocycles. The van der Waals surface area contributed by atoms with Crippen LogP contribution in [0.1, 0.15) is 39.6 Å². The Morgan fingerprint density at radius 3 is 2.59 bits per heavy atom. The lowest BCUT2D eigenvalue weighted by atomic mass is 10.0. The van der Waals surface area contributed by atoms with Crippen LogP contribution in [0.25, 0.3) is 0 Å². The van der Waals surface area contributed by atoms with Gasteiger partial charge in [-0.15, -0.1) is 21.5 Å². The highest BCUT2D eigenvalue weighted by Gasteiger charge is 2.19. The number of rotatable bonds is 9. The fourth-order valence-corrected chi connectivity index (χ4v) is 4.21. The van der Waals surface area contributed by atoms with E-state index in [2.05, 4.69) is 34.7 Å². The average molecular weight is 431 g/mol. The van der Waals surface area contributed by atoms with E-state index < -0.39 is 0 Å². The van der Waals surface area contributed by atoms with Gasteiger partial charge in [0.2, 0.25) is 10.9 Å². The first-order valence-electron chi connectivity index (χ1n) is 9.12. The zero-order valence-corrected chi connectivity index (χ0v) is 17.8. The summed E-state index contributed by atoms with van der Waals surface area (Å²) < 4.78 is 5.46. The highest BCUT2D eigenvalue weighted by atomic mass is 32.1. The third kappa shape index (κ3) is 6.18. The van der Waals surface area contributed by atoms with Crippen LogP contribution in [0.3, 0.4) is 0 Å². The van der Waals surface area contributed by atoms with E-state index in [1.54, 1.807) is 23.5 Å². The van der Waals surface area contributed by atoms with Crippen molar-refractivity contribution in [3.63, 3.8) is 0 Å². The number of anilines is 1. The third-order valence-corrected chi connectivity index (χ3v) is 5.84. The number of aromatic nitrogens is 2. The minimum atomic E-state index is -0.326. The Morgan fingerprint density at radius 1 is 1.10 bits per heavy atom. The largest absolute Gasteiger partial charge is 0.364 e. The minimum absolute atomic E-state index is 0.0408. The van der Waals surface area contributed by atoms with Crippen LogP contribution in [0, 0.1) is 5.92 Å². The lowest BCUT2D eigenvalue weighted by Crippen LogP contribution is -2.33. The standard InChI is InChI=1S/C20H22N4O3S2/c1-13(2)18(15-9-6-10-28-15)22-16(25)11-27-12-17-23-24-20(29-17)19(26)21-14-7-4-3-5-8-14/h3-10,13,18H,11-12H2,1-2H3,(H,21,26)(H,22,25). The molecule has 2 N–H and O–H groups in total. The number of hydrogen-bond acceptors (Lipinski definition) is 7. The lowest BCUT2D eigenvalue weighted by Gasteiger charge is -2.21. The smallest absolute Gasteiger partial charge is 0.286 e. The van der Waals surface area contributed by atoms with Crippen molar-refractivity contribution in [3.8, 4) is 0 Å². The van der Waals surface area contributed by atoms with Gasteiger partial charge in [-0.05, 0) is 29.5 Å². The molecule has 3 rings (SSSR count). The van der Waals surface area contributed by atoms with Crippen LogP contribution in [0.15, 0.2) is 47.8 Å². The van der Waals surface area contributed by atoms with E-state index in [0.29, 0.717) is 10.7 Å². The minimum Gasteiger partial charge on any atom is -0.364 e. The highest BCUT2D eigenvalue weighted by Crippen LogP contribution is 2.25. The molecule has 0 aliphatic carbocycles. The van der Waals surface area contributed by atoms with E-state index in [1.807, 2.05) is 35.7 Å². The van der Waals surface area contributed by atoms with Crippen LogP contribution in [-0.4, -0.2) is 28.6 Å². The molecule has 0 radical (unpaired) electrons. The topological polar surface area (TPSA) is 93.2 Å². The maximum atomic E-state index is 12.2. The molecule has 2 heterocycles. The van der Waals surface area contributed by atoms with E-state index in [1.165, 1.54) is 0 Å². The summed E-state index contributed by atoms with van der Waals surface area (Å²) >= 11 is 2.76. The monoisotopic (exact) mass is 430 g/mol. The zero-order valence-electron chi connectivity index (χ0n) is 16.1. The SMILES string of the molecule is CC(C)C(NC(=O)COCc1nnc(C(=O)Nc2ccccc2)s1)c1cccs1. The number of nitrogens with one attached hydrogen (secondary N) is 2. The van der Waals surface area contributed by atoms with Crippen LogP contribution < -0.4 is 10.6 Å². The quantitative estimate of drug-likeness (QED) is 0.537. The summed E-state index contributed by atoms with van der Waals surface area (Å²) in [5.41, 5.74) is 0.688. The molecule has 0 fully saturated rings. The molecular formula is C20H22N4O3S2. The first-order chi connectivity index (χ1) is 14.0. The summed E-state index contributed by atoms with van der Waals surface area (Å²) in [7, 11) is 0. The third-order valence-electron chi connectivity index (χ3n) is 3.98. The molecule has 1 atom stereocenters. The van der Waals surface area contributed by atoms with Crippen LogP contribution in [0.5, 0.6) is 0 Å². The summed E-state index contributed by atoms with van der Waals surface area (Å²) in [5, 5.41) is 16.4. The predicted molar refractivity (Wildman–Crippen MR) is 114 cm³/mol. The molecule has 29 heavy (non-hydrogen) atoms. The van der Waals surface area contributed by atoms with Gasteiger partial charge in [0.1, 0.15) is 18.2 Å². The normalized spacial score (nSPS) is 12.0. The Hall–Kier alpha value is -2.62. The zero-order chi connectivity index (χ0) is 20.6. The van der Waals surface area contributed by atoms with Gasteiger partial charge >= 0.3 is 0 Å². The van der Waals surface area contributed by atoms with E-state index in [0.717, 1.165) is 16.2 Å². The molecule has 0 bridgehead atoms. The molecule has 7 nitrogen and oxygen atoms in total. The van der Waals surface area contributed by atoms with Crippen molar-refractivity contribution in [1.29, 1.82) is 0 Å². The highest BCUT2D eigenvalue weighted by molar-refractivity contribution is 7.13. The Labute approximate surface area is 177 Å². The van der Waals surface area contributed by atoms with Crippen molar-refractivity contribution in [2.24, 2.45) is 5.92 Å². The summed E-state index contributed by atoms with van der Waals surface area (Å²) in [6.45, 7) is 4.17. The number of nitrogens with zero attached hydrogens (tertiary/aromatic N) is 2. The first-order valence-corrected chi connectivity index (χ1v) is 10.8. The van der Waals surface area contributed by atoms with Crippen molar-refractivity contribution in [1.82, 2.24) is 15.5 Å². The summed E-state index contributed by atoms with van der Waals surface area (Å²) in [6.07, 6.45) is 0. The van der Waals surface area contributed by atoms with E-state index >= 15 is 0 Å². The van der Waals surface area contributed by atoms with Crippen molar-refractivity contribution in [2.45, 2.75) is 26.5 Å².